The maximum Gasteiger partial charge on any atom is 0.130 e. The summed E-state index contributed by atoms with van der Waals surface area (Å²) in [6.07, 6.45) is 4.65. The zero-order valence-electron chi connectivity index (χ0n) is 13.5. The van der Waals surface area contributed by atoms with E-state index in [9.17, 15) is 0 Å². The summed E-state index contributed by atoms with van der Waals surface area (Å²) in [6.45, 7) is 7.71. The van der Waals surface area contributed by atoms with Gasteiger partial charge in [-0.3, -0.25) is 9.88 Å². The van der Waals surface area contributed by atoms with Gasteiger partial charge in [-0.15, -0.1) is 0 Å². The van der Waals surface area contributed by atoms with Gasteiger partial charge in [-0.05, 0) is 32.0 Å². The number of aryl methyl sites for hydroxylation is 1. The van der Waals surface area contributed by atoms with Gasteiger partial charge in [-0.2, -0.15) is 0 Å². The molecule has 1 N–H and O–H groups in total. The van der Waals surface area contributed by atoms with Crippen LogP contribution in [-0.4, -0.2) is 59.2 Å². The highest BCUT2D eigenvalue weighted by Crippen LogP contribution is 2.18. The summed E-state index contributed by atoms with van der Waals surface area (Å²) in [5.74, 6) is 1.65. The molecule has 0 radical (unpaired) electrons. The molecular weight excluding hydrogens is 290 g/mol. The fraction of sp³-hybridized carbons (Fsp3) is 0.471. The smallest absolute Gasteiger partial charge is 0.130 e. The zero-order valence-corrected chi connectivity index (χ0v) is 13.5. The Morgan fingerprint density at radius 2 is 1.96 bits per heavy atom. The van der Waals surface area contributed by atoms with Crippen molar-refractivity contribution in [2.75, 3.05) is 44.7 Å². The fourth-order valence-electron chi connectivity index (χ4n) is 2.67. The molecule has 1 aliphatic heterocycles. The van der Waals surface area contributed by atoms with Crippen LogP contribution in [0, 0.1) is 6.92 Å². The molecule has 6 heteroatoms. The Morgan fingerprint density at radius 1 is 1.17 bits per heavy atom. The minimum atomic E-state index is 0.773. The molecule has 1 fully saturated rings. The SMILES string of the molecule is Cc1nc(NCCCN2CCOCC2)cc(-c2ccncc2)n1. The van der Waals surface area contributed by atoms with Gasteiger partial charge in [0.2, 0.25) is 0 Å². The van der Waals surface area contributed by atoms with Crippen molar-refractivity contribution in [2.45, 2.75) is 13.3 Å². The predicted octanol–water partition coefficient (Wildman–Crippen LogP) is 1.98. The first-order valence-corrected chi connectivity index (χ1v) is 8.11. The summed E-state index contributed by atoms with van der Waals surface area (Å²) >= 11 is 0. The topological polar surface area (TPSA) is 63.2 Å². The van der Waals surface area contributed by atoms with E-state index in [2.05, 4.69) is 25.2 Å². The summed E-state index contributed by atoms with van der Waals surface area (Å²) in [5.41, 5.74) is 1.98. The Kier molecular flexibility index (Phi) is 5.50. The second kappa shape index (κ2) is 7.99. The Labute approximate surface area is 136 Å². The predicted molar refractivity (Wildman–Crippen MR) is 90.4 cm³/mol. The number of anilines is 1. The maximum atomic E-state index is 5.37. The molecule has 2 aromatic heterocycles. The van der Waals surface area contributed by atoms with E-state index in [1.165, 1.54) is 0 Å². The lowest BCUT2D eigenvalue weighted by Gasteiger charge is -2.26. The van der Waals surface area contributed by atoms with Gasteiger partial charge in [0.1, 0.15) is 11.6 Å². The molecule has 0 bridgehead atoms. The lowest BCUT2D eigenvalue weighted by Crippen LogP contribution is -2.37. The minimum absolute atomic E-state index is 0.773. The number of aromatic nitrogens is 3. The molecule has 6 nitrogen and oxygen atoms in total. The molecule has 0 unspecified atom stereocenters. The van der Waals surface area contributed by atoms with E-state index in [-0.39, 0.29) is 0 Å². The number of morpholine rings is 1. The van der Waals surface area contributed by atoms with Crippen LogP contribution >= 0.6 is 0 Å². The van der Waals surface area contributed by atoms with Gasteiger partial charge < -0.3 is 10.1 Å². The Hall–Kier alpha value is -2.05. The van der Waals surface area contributed by atoms with E-state index < -0.39 is 0 Å². The third-order valence-electron chi connectivity index (χ3n) is 3.87. The summed E-state index contributed by atoms with van der Waals surface area (Å²) in [4.78, 5) is 15.5. The molecule has 0 saturated carbocycles. The summed E-state index contributed by atoms with van der Waals surface area (Å²) in [7, 11) is 0. The molecule has 1 aliphatic rings. The lowest BCUT2D eigenvalue weighted by atomic mass is 10.2. The van der Waals surface area contributed by atoms with Crippen molar-refractivity contribution in [3.63, 3.8) is 0 Å². The number of hydrogen-bond donors (Lipinski definition) is 1. The lowest BCUT2D eigenvalue weighted by molar-refractivity contribution is 0.0378. The third-order valence-corrected chi connectivity index (χ3v) is 3.87. The van der Waals surface area contributed by atoms with E-state index in [1.807, 2.05) is 25.1 Å². The van der Waals surface area contributed by atoms with Gasteiger partial charge in [0, 0.05) is 43.7 Å². The normalized spacial score (nSPS) is 15.5. The monoisotopic (exact) mass is 313 g/mol. The average Bonchev–Trinajstić information content (AvgIpc) is 2.60. The van der Waals surface area contributed by atoms with Crippen LogP contribution in [0.5, 0.6) is 0 Å². The number of rotatable bonds is 6. The molecule has 0 amide bonds. The van der Waals surface area contributed by atoms with Gasteiger partial charge in [0.25, 0.3) is 0 Å². The molecule has 3 rings (SSSR count). The first-order valence-electron chi connectivity index (χ1n) is 8.11. The van der Waals surface area contributed by atoms with Crippen LogP contribution in [0.2, 0.25) is 0 Å². The van der Waals surface area contributed by atoms with Crippen molar-refractivity contribution in [2.24, 2.45) is 0 Å². The second-order valence-electron chi connectivity index (χ2n) is 5.66. The summed E-state index contributed by atoms with van der Waals surface area (Å²) < 4.78 is 5.37. The van der Waals surface area contributed by atoms with Crippen molar-refractivity contribution in [1.82, 2.24) is 19.9 Å². The van der Waals surface area contributed by atoms with E-state index >= 15 is 0 Å². The first kappa shape index (κ1) is 15.8. The van der Waals surface area contributed by atoms with Crippen LogP contribution < -0.4 is 5.32 Å². The van der Waals surface area contributed by atoms with Crippen LogP contribution in [0.4, 0.5) is 5.82 Å². The van der Waals surface area contributed by atoms with Gasteiger partial charge in [-0.25, -0.2) is 9.97 Å². The molecule has 3 heterocycles. The van der Waals surface area contributed by atoms with E-state index in [0.29, 0.717) is 0 Å². The van der Waals surface area contributed by atoms with E-state index in [1.54, 1.807) is 12.4 Å². The largest absolute Gasteiger partial charge is 0.379 e. The van der Waals surface area contributed by atoms with Crippen LogP contribution in [0.3, 0.4) is 0 Å². The van der Waals surface area contributed by atoms with Gasteiger partial charge in [0.15, 0.2) is 0 Å². The number of nitrogens with zero attached hydrogens (tertiary/aromatic N) is 4. The van der Waals surface area contributed by atoms with Crippen molar-refractivity contribution in [3.8, 4) is 11.3 Å². The first-order chi connectivity index (χ1) is 11.3. The zero-order chi connectivity index (χ0) is 15.9. The molecular formula is C17H23N5O. The van der Waals surface area contributed by atoms with Crippen LogP contribution in [0.15, 0.2) is 30.6 Å². The van der Waals surface area contributed by atoms with Crippen molar-refractivity contribution < 1.29 is 4.74 Å². The number of ether oxygens (including phenoxy) is 1. The van der Waals surface area contributed by atoms with E-state index in [4.69, 9.17) is 4.74 Å². The van der Waals surface area contributed by atoms with Crippen molar-refractivity contribution >= 4 is 5.82 Å². The van der Waals surface area contributed by atoms with Crippen LogP contribution in [0.1, 0.15) is 12.2 Å². The minimum Gasteiger partial charge on any atom is -0.379 e. The Balaban J connectivity index is 1.54. The standard InChI is InChI=1S/C17H23N5O/c1-14-20-16(15-3-6-18-7-4-15)13-17(21-14)19-5-2-8-22-9-11-23-12-10-22/h3-4,6-7,13H,2,5,8-12H2,1H3,(H,19,20,21). The quantitative estimate of drug-likeness (QED) is 0.823. The van der Waals surface area contributed by atoms with Crippen molar-refractivity contribution in [3.05, 3.63) is 36.4 Å². The molecule has 0 atom stereocenters. The third kappa shape index (κ3) is 4.71. The molecule has 23 heavy (non-hydrogen) atoms. The van der Waals surface area contributed by atoms with Gasteiger partial charge >= 0.3 is 0 Å². The summed E-state index contributed by atoms with van der Waals surface area (Å²) in [5, 5.41) is 3.41. The van der Waals surface area contributed by atoms with Gasteiger partial charge in [-0.1, -0.05) is 0 Å². The Morgan fingerprint density at radius 3 is 2.74 bits per heavy atom. The maximum absolute atomic E-state index is 5.37. The molecule has 2 aromatic rings. The molecule has 122 valence electrons. The van der Waals surface area contributed by atoms with Crippen molar-refractivity contribution in [1.29, 1.82) is 0 Å². The highest BCUT2D eigenvalue weighted by atomic mass is 16.5. The highest BCUT2D eigenvalue weighted by molar-refractivity contribution is 5.61. The Bertz CT molecular complexity index is 614. The van der Waals surface area contributed by atoms with Crippen LogP contribution in [-0.2, 0) is 4.74 Å². The molecule has 0 aromatic carbocycles. The second-order valence-corrected chi connectivity index (χ2v) is 5.66. The van der Waals surface area contributed by atoms with Crippen LogP contribution in [0.25, 0.3) is 11.3 Å². The molecule has 0 aliphatic carbocycles. The number of nitrogens with one attached hydrogen (secondary N) is 1. The van der Waals surface area contributed by atoms with Gasteiger partial charge in [0.05, 0.1) is 18.9 Å². The summed E-state index contributed by atoms with van der Waals surface area (Å²) in [6, 6.07) is 5.92. The highest BCUT2D eigenvalue weighted by Gasteiger charge is 2.09. The van der Waals surface area contributed by atoms with E-state index in [0.717, 1.165) is 68.7 Å². The number of pyridine rings is 1. The average molecular weight is 313 g/mol. The molecule has 0 spiro atoms. The molecule has 1 saturated heterocycles. The fourth-order valence-corrected chi connectivity index (χ4v) is 2.67. The number of hydrogen-bond acceptors (Lipinski definition) is 6.